The third kappa shape index (κ3) is 2.56. The van der Waals surface area contributed by atoms with Crippen molar-refractivity contribution in [1.29, 1.82) is 5.26 Å². The van der Waals surface area contributed by atoms with Crippen molar-refractivity contribution in [3.05, 3.63) is 35.4 Å². The van der Waals surface area contributed by atoms with E-state index >= 15 is 0 Å². The first-order chi connectivity index (χ1) is 9.07. The molecule has 98 valence electrons. The number of hydrogen-bond donors (Lipinski definition) is 2. The zero-order valence-corrected chi connectivity index (χ0v) is 10.0. The maximum atomic E-state index is 12.0. The zero-order valence-electron chi connectivity index (χ0n) is 10.0. The van der Waals surface area contributed by atoms with E-state index in [-0.39, 0.29) is 13.0 Å². The molecule has 6 nitrogen and oxygen atoms in total. The van der Waals surface area contributed by atoms with Crippen LogP contribution in [-0.2, 0) is 9.53 Å². The highest BCUT2D eigenvalue weighted by molar-refractivity contribution is 5.98. The van der Waals surface area contributed by atoms with E-state index in [1.54, 1.807) is 0 Å². The van der Waals surface area contributed by atoms with Crippen LogP contribution in [0.25, 0.3) is 0 Å². The van der Waals surface area contributed by atoms with Crippen LogP contribution in [0.15, 0.2) is 24.3 Å². The van der Waals surface area contributed by atoms with E-state index in [4.69, 9.17) is 10.00 Å². The molecule has 1 aromatic carbocycles. The average Bonchev–Trinajstić information content (AvgIpc) is 2.88. The van der Waals surface area contributed by atoms with E-state index in [2.05, 4.69) is 5.32 Å². The highest BCUT2D eigenvalue weighted by Gasteiger charge is 2.44. The predicted molar refractivity (Wildman–Crippen MR) is 64.4 cm³/mol. The van der Waals surface area contributed by atoms with Gasteiger partial charge in [-0.3, -0.25) is 4.79 Å². The van der Waals surface area contributed by atoms with Crippen molar-refractivity contribution in [2.24, 2.45) is 0 Å². The second-order valence-corrected chi connectivity index (χ2v) is 4.33. The molecule has 0 radical (unpaired) electrons. The maximum Gasteiger partial charge on any atom is 0.331 e. The van der Waals surface area contributed by atoms with Gasteiger partial charge < -0.3 is 15.2 Å². The van der Waals surface area contributed by atoms with Gasteiger partial charge in [-0.05, 0) is 24.3 Å². The normalized spacial score (nSPS) is 21.6. The standard InChI is InChI=1S/C13H12N2O4/c14-7-9-1-3-10(4-2-9)11(16)15-13(12(17)18)5-6-19-8-13/h1-4H,5-6,8H2,(H,15,16)(H,17,18). The predicted octanol–water partition coefficient (Wildman–Crippen LogP) is 0.532. The Morgan fingerprint density at radius 3 is 2.53 bits per heavy atom. The number of ether oxygens (including phenoxy) is 1. The SMILES string of the molecule is N#Cc1ccc(C(=O)NC2(C(=O)O)CCOC2)cc1. The van der Waals surface area contributed by atoms with E-state index < -0.39 is 17.4 Å². The molecular weight excluding hydrogens is 248 g/mol. The molecule has 1 saturated heterocycles. The van der Waals surface area contributed by atoms with Gasteiger partial charge >= 0.3 is 5.97 Å². The Morgan fingerprint density at radius 1 is 1.37 bits per heavy atom. The van der Waals surface area contributed by atoms with Crippen LogP contribution >= 0.6 is 0 Å². The summed E-state index contributed by atoms with van der Waals surface area (Å²) in [4.78, 5) is 23.3. The van der Waals surface area contributed by atoms with Gasteiger partial charge in [-0.2, -0.15) is 5.26 Å². The summed E-state index contributed by atoms with van der Waals surface area (Å²) in [6, 6.07) is 7.93. The minimum atomic E-state index is -1.36. The molecule has 1 unspecified atom stereocenters. The van der Waals surface area contributed by atoms with E-state index in [1.807, 2.05) is 6.07 Å². The Bertz CT molecular complexity index is 539. The topological polar surface area (TPSA) is 99.4 Å². The molecule has 2 rings (SSSR count). The Kier molecular flexibility index (Phi) is 3.49. The maximum absolute atomic E-state index is 12.0. The molecule has 0 aliphatic carbocycles. The quantitative estimate of drug-likeness (QED) is 0.825. The lowest BCUT2D eigenvalue weighted by Gasteiger charge is -2.23. The fourth-order valence-corrected chi connectivity index (χ4v) is 1.87. The van der Waals surface area contributed by atoms with E-state index in [0.717, 1.165) is 0 Å². The van der Waals surface area contributed by atoms with Crippen LogP contribution in [0, 0.1) is 11.3 Å². The number of nitriles is 1. The van der Waals surface area contributed by atoms with Gasteiger partial charge in [0.15, 0.2) is 5.54 Å². The fraction of sp³-hybridized carbons (Fsp3) is 0.308. The number of carbonyl (C=O) groups is 2. The largest absolute Gasteiger partial charge is 0.479 e. The highest BCUT2D eigenvalue weighted by atomic mass is 16.5. The molecule has 0 saturated carbocycles. The highest BCUT2D eigenvalue weighted by Crippen LogP contribution is 2.19. The summed E-state index contributed by atoms with van der Waals surface area (Å²) >= 11 is 0. The van der Waals surface area contributed by atoms with E-state index in [0.29, 0.717) is 17.7 Å². The van der Waals surface area contributed by atoms with Gasteiger partial charge in [0.05, 0.1) is 18.2 Å². The Morgan fingerprint density at radius 2 is 2.05 bits per heavy atom. The van der Waals surface area contributed by atoms with Gasteiger partial charge in [-0.1, -0.05) is 0 Å². The van der Waals surface area contributed by atoms with Crippen LogP contribution in [0.2, 0.25) is 0 Å². The smallest absolute Gasteiger partial charge is 0.331 e. The van der Waals surface area contributed by atoms with Crippen molar-refractivity contribution < 1.29 is 19.4 Å². The summed E-state index contributed by atoms with van der Waals surface area (Å²) in [6.07, 6.45) is 0.240. The van der Waals surface area contributed by atoms with Crippen molar-refractivity contribution in [1.82, 2.24) is 5.32 Å². The van der Waals surface area contributed by atoms with Gasteiger partial charge in [0.2, 0.25) is 0 Å². The number of carboxylic acid groups (broad SMARTS) is 1. The molecule has 6 heteroatoms. The average molecular weight is 260 g/mol. The molecule has 1 aliphatic rings. The molecule has 1 atom stereocenters. The molecule has 2 N–H and O–H groups in total. The number of amides is 1. The zero-order chi connectivity index (χ0) is 13.9. The minimum Gasteiger partial charge on any atom is -0.479 e. The summed E-state index contributed by atoms with van der Waals surface area (Å²) in [5.74, 6) is -1.59. The molecule has 19 heavy (non-hydrogen) atoms. The summed E-state index contributed by atoms with van der Waals surface area (Å²) in [7, 11) is 0. The fourth-order valence-electron chi connectivity index (χ4n) is 1.87. The van der Waals surface area contributed by atoms with Gasteiger partial charge in [-0.15, -0.1) is 0 Å². The van der Waals surface area contributed by atoms with Crippen molar-refractivity contribution >= 4 is 11.9 Å². The first-order valence-corrected chi connectivity index (χ1v) is 5.71. The summed E-state index contributed by atoms with van der Waals surface area (Å²) in [5.41, 5.74) is -0.606. The number of carbonyl (C=O) groups excluding carboxylic acids is 1. The van der Waals surface area contributed by atoms with Crippen LogP contribution in [-0.4, -0.2) is 35.7 Å². The van der Waals surface area contributed by atoms with Gasteiger partial charge in [0, 0.05) is 18.6 Å². The van der Waals surface area contributed by atoms with Crippen molar-refractivity contribution in [2.45, 2.75) is 12.0 Å². The summed E-state index contributed by atoms with van der Waals surface area (Å²) in [6.45, 7) is 0.268. The summed E-state index contributed by atoms with van der Waals surface area (Å²) < 4.78 is 5.06. The molecule has 0 bridgehead atoms. The number of aliphatic carboxylic acids is 1. The number of nitrogens with zero attached hydrogens (tertiary/aromatic N) is 1. The third-order valence-corrected chi connectivity index (χ3v) is 3.06. The number of carboxylic acids is 1. The van der Waals surface area contributed by atoms with Crippen molar-refractivity contribution in [3.63, 3.8) is 0 Å². The lowest BCUT2D eigenvalue weighted by molar-refractivity contribution is -0.144. The molecule has 1 fully saturated rings. The van der Waals surface area contributed by atoms with Gasteiger partial charge in [0.25, 0.3) is 5.91 Å². The minimum absolute atomic E-state index is 0.0373. The van der Waals surface area contributed by atoms with E-state index in [9.17, 15) is 14.7 Å². The molecule has 0 aromatic heterocycles. The number of rotatable bonds is 3. The van der Waals surface area contributed by atoms with Crippen LogP contribution in [0.5, 0.6) is 0 Å². The van der Waals surface area contributed by atoms with Crippen molar-refractivity contribution in [2.75, 3.05) is 13.2 Å². The van der Waals surface area contributed by atoms with Crippen LogP contribution in [0.1, 0.15) is 22.3 Å². The van der Waals surface area contributed by atoms with E-state index in [1.165, 1.54) is 24.3 Å². The molecule has 1 amide bonds. The number of nitrogens with one attached hydrogen (secondary N) is 1. The van der Waals surface area contributed by atoms with Gasteiger partial charge in [0.1, 0.15) is 0 Å². The Balaban J connectivity index is 2.15. The molecule has 1 heterocycles. The van der Waals surface area contributed by atoms with Crippen LogP contribution in [0.4, 0.5) is 0 Å². The lowest BCUT2D eigenvalue weighted by Crippen LogP contribution is -2.55. The van der Waals surface area contributed by atoms with Crippen molar-refractivity contribution in [3.8, 4) is 6.07 Å². The third-order valence-electron chi connectivity index (χ3n) is 3.06. The molecule has 1 aliphatic heterocycles. The second-order valence-electron chi connectivity index (χ2n) is 4.33. The number of benzene rings is 1. The second kappa shape index (κ2) is 5.08. The molecular formula is C13H12N2O4. The first kappa shape index (κ1) is 13.1. The molecule has 0 spiro atoms. The Labute approximate surface area is 109 Å². The van der Waals surface area contributed by atoms with Gasteiger partial charge in [-0.25, -0.2) is 4.79 Å². The van der Waals surface area contributed by atoms with Crippen LogP contribution < -0.4 is 5.32 Å². The summed E-state index contributed by atoms with van der Waals surface area (Å²) in [5, 5.41) is 20.4. The van der Waals surface area contributed by atoms with Crippen LogP contribution in [0.3, 0.4) is 0 Å². The first-order valence-electron chi connectivity index (χ1n) is 5.71. The lowest BCUT2D eigenvalue weighted by atomic mass is 9.98. The monoisotopic (exact) mass is 260 g/mol. The number of hydrogen-bond acceptors (Lipinski definition) is 4. The molecule has 1 aromatic rings. The Hall–Kier alpha value is -2.39.